The molecule has 1 atom stereocenters. The molecule has 0 aliphatic carbocycles. The van der Waals surface area contributed by atoms with Crippen LogP contribution in [0.15, 0.2) is 77.3 Å². The largest absolute Gasteiger partial charge is 0.490 e. The van der Waals surface area contributed by atoms with Gasteiger partial charge in [0.2, 0.25) is 11.8 Å². The molecule has 0 bridgehead atoms. The maximum atomic E-state index is 13.9. The molecule has 0 spiro atoms. The quantitative estimate of drug-likeness (QED) is 0.223. The Morgan fingerprint density at radius 2 is 1.56 bits per heavy atom. The summed E-state index contributed by atoms with van der Waals surface area (Å²) in [6.07, 6.45) is 2.05. The van der Waals surface area contributed by atoms with Crippen molar-refractivity contribution >= 4 is 27.7 Å². The highest BCUT2D eigenvalue weighted by molar-refractivity contribution is 9.10. The van der Waals surface area contributed by atoms with Crippen LogP contribution in [0.3, 0.4) is 0 Å². The summed E-state index contributed by atoms with van der Waals surface area (Å²) in [4.78, 5) is 29.1. The number of ether oxygens (including phenoxy) is 2. The highest BCUT2D eigenvalue weighted by Crippen LogP contribution is 2.29. The molecule has 0 saturated heterocycles. The summed E-state index contributed by atoms with van der Waals surface area (Å²) < 4.78 is 12.4. The van der Waals surface area contributed by atoms with Crippen LogP contribution in [0.1, 0.15) is 50.3 Å². The van der Waals surface area contributed by atoms with Gasteiger partial charge in [-0.15, -0.1) is 0 Å². The molecule has 208 valence electrons. The summed E-state index contributed by atoms with van der Waals surface area (Å²) >= 11 is 3.54. The highest BCUT2D eigenvalue weighted by atomic mass is 79.9. The van der Waals surface area contributed by atoms with Gasteiger partial charge < -0.3 is 19.7 Å². The third-order valence-corrected chi connectivity index (χ3v) is 6.79. The van der Waals surface area contributed by atoms with Gasteiger partial charge in [0.1, 0.15) is 6.04 Å². The molecule has 6 nitrogen and oxygen atoms in total. The Bertz CT molecular complexity index is 1200. The van der Waals surface area contributed by atoms with Crippen molar-refractivity contribution in [2.24, 2.45) is 0 Å². The molecule has 0 aromatic heterocycles. The molecule has 0 aliphatic rings. The van der Waals surface area contributed by atoms with Crippen molar-refractivity contribution in [2.75, 3.05) is 19.8 Å². The van der Waals surface area contributed by atoms with E-state index in [4.69, 9.17) is 9.47 Å². The average molecular weight is 596 g/mol. The van der Waals surface area contributed by atoms with E-state index >= 15 is 0 Å². The Labute approximate surface area is 240 Å². The predicted octanol–water partition coefficient (Wildman–Crippen LogP) is 6.35. The van der Waals surface area contributed by atoms with Gasteiger partial charge in [0.05, 0.1) is 13.2 Å². The average Bonchev–Trinajstić information content (AvgIpc) is 2.94. The van der Waals surface area contributed by atoms with Crippen LogP contribution in [-0.4, -0.2) is 42.5 Å². The normalized spacial score (nSPS) is 11.5. The van der Waals surface area contributed by atoms with Crippen LogP contribution >= 0.6 is 15.9 Å². The molecule has 1 N–H and O–H groups in total. The van der Waals surface area contributed by atoms with Crippen LogP contribution in [0.25, 0.3) is 0 Å². The van der Waals surface area contributed by atoms with Crippen LogP contribution in [0.5, 0.6) is 11.5 Å². The Morgan fingerprint density at radius 3 is 2.26 bits per heavy atom. The lowest BCUT2D eigenvalue weighted by Gasteiger charge is -2.32. The van der Waals surface area contributed by atoms with E-state index in [0.29, 0.717) is 50.6 Å². The van der Waals surface area contributed by atoms with Crippen LogP contribution < -0.4 is 14.8 Å². The van der Waals surface area contributed by atoms with Gasteiger partial charge in [-0.3, -0.25) is 9.59 Å². The Morgan fingerprint density at radius 1 is 0.846 bits per heavy atom. The molecular weight excluding hydrogens is 556 g/mol. The topological polar surface area (TPSA) is 67.9 Å². The van der Waals surface area contributed by atoms with Gasteiger partial charge in [-0.25, -0.2) is 0 Å². The first-order valence-electron chi connectivity index (χ1n) is 13.7. The fourth-order valence-electron chi connectivity index (χ4n) is 4.40. The number of benzene rings is 3. The Kier molecular flexibility index (Phi) is 12.4. The molecule has 3 aromatic carbocycles. The second-order valence-corrected chi connectivity index (χ2v) is 10.2. The smallest absolute Gasteiger partial charge is 0.243 e. The monoisotopic (exact) mass is 594 g/mol. The number of nitrogens with zero attached hydrogens (tertiary/aromatic N) is 1. The van der Waals surface area contributed by atoms with Crippen molar-refractivity contribution in [3.05, 3.63) is 94.0 Å². The highest BCUT2D eigenvalue weighted by Gasteiger charge is 2.30. The van der Waals surface area contributed by atoms with Crippen molar-refractivity contribution in [1.29, 1.82) is 0 Å². The lowest BCUT2D eigenvalue weighted by Crippen LogP contribution is -2.50. The zero-order valence-electron chi connectivity index (χ0n) is 23.1. The van der Waals surface area contributed by atoms with Crippen LogP contribution in [-0.2, 0) is 29.0 Å². The van der Waals surface area contributed by atoms with E-state index in [9.17, 15) is 9.59 Å². The Balaban J connectivity index is 1.88. The molecule has 0 saturated carbocycles. The minimum Gasteiger partial charge on any atom is -0.490 e. The summed E-state index contributed by atoms with van der Waals surface area (Å²) in [7, 11) is 0. The number of carbonyl (C=O) groups excluding carboxylic acids is 2. The first-order chi connectivity index (χ1) is 18.9. The number of amides is 2. The summed E-state index contributed by atoms with van der Waals surface area (Å²) in [5, 5.41) is 3.03. The van der Waals surface area contributed by atoms with Crippen LogP contribution in [0, 0.1) is 0 Å². The van der Waals surface area contributed by atoms with Crippen LogP contribution in [0.2, 0.25) is 0 Å². The second kappa shape index (κ2) is 15.9. The molecular formula is C32H39BrN2O4. The van der Waals surface area contributed by atoms with E-state index in [1.165, 1.54) is 0 Å². The first kappa shape index (κ1) is 30.2. The van der Waals surface area contributed by atoms with Crippen LogP contribution in [0.4, 0.5) is 0 Å². The zero-order chi connectivity index (χ0) is 28.0. The molecule has 7 heteroatoms. The van der Waals surface area contributed by atoms with Crippen molar-refractivity contribution < 1.29 is 19.1 Å². The number of rotatable bonds is 15. The second-order valence-electron chi connectivity index (χ2n) is 9.30. The molecule has 0 radical (unpaired) electrons. The lowest BCUT2D eigenvalue weighted by atomic mass is 10.0. The summed E-state index contributed by atoms with van der Waals surface area (Å²) in [5.74, 6) is 1.16. The minimum absolute atomic E-state index is 0.0746. The van der Waals surface area contributed by atoms with Crippen molar-refractivity contribution in [2.45, 2.75) is 59.0 Å². The fourth-order valence-corrected chi connectivity index (χ4v) is 4.84. The third-order valence-electron chi connectivity index (χ3n) is 6.30. The third kappa shape index (κ3) is 9.43. The molecule has 2 amide bonds. The van der Waals surface area contributed by atoms with Crippen molar-refractivity contribution in [1.82, 2.24) is 10.2 Å². The summed E-state index contributed by atoms with van der Waals surface area (Å²) in [6, 6.07) is 22.9. The SMILES string of the molecule is CCCNC(=O)[C@@H](Cc1ccccc1)N(Cc1cccc(Br)c1)C(=O)CCc1ccc(OCC)c(OCC)c1. The number of carbonyl (C=O) groups is 2. The van der Waals surface area contributed by atoms with Crippen molar-refractivity contribution in [3.63, 3.8) is 0 Å². The van der Waals surface area contributed by atoms with Gasteiger partial charge in [-0.1, -0.05) is 71.4 Å². The van der Waals surface area contributed by atoms with E-state index in [0.717, 1.165) is 27.6 Å². The molecule has 0 unspecified atom stereocenters. The number of nitrogens with one attached hydrogen (secondary N) is 1. The Hall–Kier alpha value is -3.32. The van der Waals surface area contributed by atoms with E-state index < -0.39 is 6.04 Å². The van der Waals surface area contributed by atoms with E-state index in [-0.39, 0.29) is 18.2 Å². The maximum absolute atomic E-state index is 13.9. The zero-order valence-corrected chi connectivity index (χ0v) is 24.7. The molecule has 0 aliphatic heterocycles. The summed E-state index contributed by atoms with van der Waals surface area (Å²) in [6.45, 7) is 7.86. The minimum atomic E-state index is -0.634. The van der Waals surface area contributed by atoms with E-state index in [1.807, 2.05) is 93.6 Å². The number of aryl methyl sites for hydroxylation is 1. The van der Waals surface area contributed by atoms with E-state index in [1.54, 1.807) is 4.90 Å². The molecule has 0 fully saturated rings. The van der Waals surface area contributed by atoms with Gasteiger partial charge in [0.15, 0.2) is 11.5 Å². The number of hydrogen-bond donors (Lipinski definition) is 1. The molecule has 3 aromatic rings. The maximum Gasteiger partial charge on any atom is 0.243 e. The van der Waals surface area contributed by atoms with Gasteiger partial charge in [0.25, 0.3) is 0 Å². The van der Waals surface area contributed by atoms with Gasteiger partial charge >= 0.3 is 0 Å². The lowest BCUT2D eigenvalue weighted by molar-refractivity contribution is -0.141. The van der Waals surface area contributed by atoms with Gasteiger partial charge in [-0.2, -0.15) is 0 Å². The molecule has 3 rings (SSSR count). The standard InChI is InChI=1S/C32H39BrN2O4/c1-4-19-34-32(37)28(21-24-11-8-7-9-12-24)35(23-26-13-10-14-27(33)20-26)31(36)18-16-25-15-17-29(38-5-2)30(22-25)39-6-3/h7-15,17,20,22,28H,4-6,16,18-19,21,23H2,1-3H3,(H,34,37)/t28-/m1/s1. The number of halogens is 1. The molecule has 0 heterocycles. The fraction of sp³-hybridized carbons (Fsp3) is 0.375. The van der Waals surface area contributed by atoms with Crippen molar-refractivity contribution in [3.8, 4) is 11.5 Å². The van der Waals surface area contributed by atoms with Gasteiger partial charge in [0, 0.05) is 30.4 Å². The molecule has 39 heavy (non-hydrogen) atoms. The van der Waals surface area contributed by atoms with E-state index in [2.05, 4.69) is 21.2 Å². The van der Waals surface area contributed by atoms with Gasteiger partial charge in [-0.05, 0) is 67.6 Å². The number of hydrogen-bond acceptors (Lipinski definition) is 4. The summed E-state index contributed by atoms with van der Waals surface area (Å²) in [5.41, 5.74) is 2.94. The predicted molar refractivity (Wildman–Crippen MR) is 159 cm³/mol. The first-order valence-corrected chi connectivity index (χ1v) is 14.5.